The molecule has 1 saturated heterocycles. The standard InChI is InChI=1S/C25H28ClFN6O2/c26-22-14-20(7-8-23(22)34-16-18-5-4-6-19(27)13-18)32-25-21(24(28)29-17-30-25)15-31-35-12-11-33-9-2-1-3-10-33/h4-8,13-15,17H,1-3,9-12,16H2,(H3,28,29,30,32)/b31-15+. The Labute approximate surface area is 208 Å². The van der Waals surface area contributed by atoms with Crippen LogP contribution in [0.3, 0.4) is 0 Å². The molecule has 0 spiro atoms. The molecule has 0 radical (unpaired) electrons. The number of piperidine rings is 1. The first-order chi connectivity index (χ1) is 17.1. The maximum Gasteiger partial charge on any atom is 0.144 e. The number of aromatic nitrogens is 2. The molecule has 1 aromatic heterocycles. The number of nitrogens with zero attached hydrogens (tertiary/aromatic N) is 4. The third-order valence-corrected chi connectivity index (χ3v) is 5.89. The number of likely N-dealkylation sites (tertiary alicyclic amines) is 1. The number of ether oxygens (including phenoxy) is 1. The summed E-state index contributed by atoms with van der Waals surface area (Å²) in [5, 5.41) is 7.63. The highest BCUT2D eigenvalue weighted by Crippen LogP contribution is 2.30. The average molecular weight is 499 g/mol. The van der Waals surface area contributed by atoms with Gasteiger partial charge in [-0.15, -0.1) is 0 Å². The lowest BCUT2D eigenvalue weighted by molar-refractivity contribution is 0.103. The molecule has 0 bridgehead atoms. The molecule has 1 aliphatic heterocycles. The summed E-state index contributed by atoms with van der Waals surface area (Å²) in [7, 11) is 0. The molecule has 3 aromatic rings. The second-order valence-electron chi connectivity index (χ2n) is 8.18. The Morgan fingerprint density at radius 1 is 1.14 bits per heavy atom. The van der Waals surface area contributed by atoms with Gasteiger partial charge in [0.2, 0.25) is 0 Å². The van der Waals surface area contributed by atoms with E-state index in [1.807, 2.05) is 0 Å². The normalized spacial score (nSPS) is 14.2. The van der Waals surface area contributed by atoms with Crippen LogP contribution in [-0.2, 0) is 11.4 Å². The Hall–Kier alpha value is -3.43. The van der Waals surface area contributed by atoms with E-state index < -0.39 is 0 Å². The lowest BCUT2D eigenvalue weighted by atomic mass is 10.1. The summed E-state index contributed by atoms with van der Waals surface area (Å²) < 4.78 is 19.1. The molecule has 184 valence electrons. The molecular weight excluding hydrogens is 471 g/mol. The zero-order valence-corrected chi connectivity index (χ0v) is 20.0. The van der Waals surface area contributed by atoms with Gasteiger partial charge in [-0.3, -0.25) is 4.90 Å². The van der Waals surface area contributed by atoms with E-state index >= 15 is 0 Å². The van der Waals surface area contributed by atoms with Gasteiger partial charge in [0.1, 0.15) is 42.7 Å². The average Bonchev–Trinajstić information content (AvgIpc) is 2.85. The first kappa shape index (κ1) is 24.7. The van der Waals surface area contributed by atoms with Gasteiger partial charge in [-0.05, 0) is 61.8 Å². The van der Waals surface area contributed by atoms with Crippen LogP contribution in [0.1, 0.15) is 30.4 Å². The van der Waals surface area contributed by atoms with Crippen LogP contribution in [-0.4, -0.2) is 47.3 Å². The highest BCUT2D eigenvalue weighted by atomic mass is 35.5. The number of halogens is 2. The van der Waals surface area contributed by atoms with Crippen molar-refractivity contribution in [1.82, 2.24) is 14.9 Å². The van der Waals surface area contributed by atoms with Gasteiger partial charge >= 0.3 is 0 Å². The molecule has 4 rings (SSSR count). The number of benzene rings is 2. The van der Waals surface area contributed by atoms with Crippen molar-refractivity contribution in [3.8, 4) is 5.75 Å². The maximum absolute atomic E-state index is 13.4. The van der Waals surface area contributed by atoms with E-state index in [9.17, 15) is 4.39 Å². The fourth-order valence-corrected chi connectivity index (χ4v) is 3.99. The van der Waals surface area contributed by atoms with Gasteiger partial charge in [0, 0.05) is 12.2 Å². The van der Waals surface area contributed by atoms with Gasteiger partial charge in [-0.2, -0.15) is 0 Å². The van der Waals surface area contributed by atoms with Crippen molar-refractivity contribution in [3.05, 3.63) is 70.8 Å². The number of rotatable bonds is 10. The van der Waals surface area contributed by atoms with E-state index in [0.29, 0.717) is 40.0 Å². The van der Waals surface area contributed by atoms with Crippen molar-refractivity contribution in [2.75, 3.05) is 37.3 Å². The fraction of sp³-hybridized carbons (Fsp3) is 0.320. The van der Waals surface area contributed by atoms with Crippen molar-refractivity contribution in [2.45, 2.75) is 25.9 Å². The second-order valence-corrected chi connectivity index (χ2v) is 8.59. The smallest absolute Gasteiger partial charge is 0.144 e. The Bertz CT molecular complexity index is 1160. The van der Waals surface area contributed by atoms with Gasteiger partial charge in [0.05, 0.1) is 16.8 Å². The van der Waals surface area contributed by atoms with Crippen molar-refractivity contribution in [3.63, 3.8) is 0 Å². The number of anilines is 3. The highest BCUT2D eigenvalue weighted by Gasteiger charge is 2.11. The monoisotopic (exact) mass is 498 g/mol. The van der Waals surface area contributed by atoms with Gasteiger partial charge in [-0.25, -0.2) is 14.4 Å². The zero-order valence-electron chi connectivity index (χ0n) is 19.3. The van der Waals surface area contributed by atoms with Crippen LogP contribution < -0.4 is 15.8 Å². The summed E-state index contributed by atoms with van der Waals surface area (Å²) in [5.41, 5.74) is 7.94. The van der Waals surface area contributed by atoms with E-state index in [1.165, 1.54) is 43.9 Å². The van der Waals surface area contributed by atoms with Crippen LogP contribution in [0, 0.1) is 5.82 Å². The predicted molar refractivity (Wildman–Crippen MR) is 136 cm³/mol. The summed E-state index contributed by atoms with van der Waals surface area (Å²) in [5.74, 6) is 0.901. The Balaban J connectivity index is 1.36. The predicted octanol–water partition coefficient (Wildman–Crippen LogP) is 5.01. The molecule has 1 aliphatic rings. The first-order valence-corrected chi connectivity index (χ1v) is 11.9. The van der Waals surface area contributed by atoms with Crippen molar-refractivity contribution >= 4 is 35.1 Å². The maximum atomic E-state index is 13.4. The van der Waals surface area contributed by atoms with Crippen LogP contribution >= 0.6 is 11.6 Å². The number of nitrogens with one attached hydrogen (secondary N) is 1. The number of nitrogen functional groups attached to an aromatic ring is 1. The number of hydrogen-bond donors (Lipinski definition) is 2. The minimum atomic E-state index is -0.312. The summed E-state index contributed by atoms with van der Waals surface area (Å²) in [6, 6.07) is 11.5. The summed E-state index contributed by atoms with van der Waals surface area (Å²) >= 11 is 6.40. The van der Waals surface area contributed by atoms with Crippen LogP contribution in [0.25, 0.3) is 0 Å². The second kappa shape index (κ2) is 12.3. The first-order valence-electron chi connectivity index (χ1n) is 11.5. The van der Waals surface area contributed by atoms with E-state index in [1.54, 1.807) is 30.3 Å². The zero-order chi connectivity index (χ0) is 24.5. The van der Waals surface area contributed by atoms with E-state index in [4.69, 9.17) is 26.9 Å². The molecule has 0 amide bonds. The van der Waals surface area contributed by atoms with Crippen molar-refractivity contribution in [1.29, 1.82) is 0 Å². The molecule has 8 nitrogen and oxygen atoms in total. The minimum absolute atomic E-state index is 0.199. The van der Waals surface area contributed by atoms with Crippen LogP contribution in [0.5, 0.6) is 5.75 Å². The van der Waals surface area contributed by atoms with Crippen molar-refractivity contribution < 1.29 is 14.0 Å². The Morgan fingerprint density at radius 2 is 2.00 bits per heavy atom. The molecule has 35 heavy (non-hydrogen) atoms. The molecule has 1 fully saturated rings. The van der Waals surface area contributed by atoms with Crippen LogP contribution in [0.15, 0.2) is 53.9 Å². The summed E-state index contributed by atoms with van der Waals surface area (Å²) in [6.45, 7) is 3.76. The van der Waals surface area contributed by atoms with Gasteiger partial charge in [0.15, 0.2) is 0 Å². The van der Waals surface area contributed by atoms with E-state index in [0.717, 1.165) is 19.6 Å². The number of oxime groups is 1. The third kappa shape index (κ3) is 7.27. The minimum Gasteiger partial charge on any atom is -0.487 e. The molecule has 0 atom stereocenters. The quantitative estimate of drug-likeness (QED) is 0.230. The largest absolute Gasteiger partial charge is 0.487 e. The molecule has 2 heterocycles. The Kier molecular flexibility index (Phi) is 8.69. The lowest BCUT2D eigenvalue weighted by Gasteiger charge is -2.25. The van der Waals surface area contributed by atoms with E-state index in [2.05, 4.69) is 25.3 Å². The molecule has 2 aromatic carbocycles. The van der Waals surface area contributed by atoms with Gasteiger partial charge in [0.25, 0.3) is 0 Å². The molecule has 0 aliphatic carbocycles. The molecule has 10 heteroatoms. The van der Waals surface area contributed by atoms with E-state index in [-0.39, 0.29) is 18.2 Å². The SMILES string of the molecule is Nc1ncnc(Nc2ccc(OCc3cccc(F)c3)c(Cl)c2)c1/C=N/OCCN1CCCCC1. The number of nitrogens with two attached hydrogens (primary N) is 1. The molecule has 0 unspecified atom stereocenters. The number of hydrogen-bond acceptors (Lipinski definition) is 8. The summed E-state index contributed by atoms with van der Waals surface area (Å²) in [6.07, 6.45) is 6.64. The molecule has 0 saturated carbocycles. The van der Waals surface area contributed by atoms with Crippen molar-refractivity contribution in [2.24, 2.45) is 5.16 Å². The highest BCUT2D eigenvalue weighted by molar-refractivity contribution is 6.32. The summed E-state index contributed by atoms with van der Waals surface area (Å²) in [4.78, 5) is 16.1. The fourth-order valence-electron chi connectivity index (χ4n) is 3.75. The molecule has 3 N–H and O–H groups in total. The third-order valence-electron chi connectivity index (χ3n) is 5.60. The van der Waals surface area contributed by atoms with Crippen LogP contribution in [0.4, 0.5) is 21.7 Å². The topological polar surface area (TPSA) is 97.9 Å². The van der Waals surface area contributed by atoms with Gasteiger partial charge in [-0.1, -0.05) is 35.3 Å². The molecular formula is C25H28ClFN6O2. The van der Waals surface area contributed by atoms with Gasteiger partial charge < -0.3 is 20.6 Å². The Morgan fingerprint density at radius 3 is 2.80 bits per heavy atom. The lowest BCUT2D eigenvalue weighted by Crippen LogP contribution is -2.32. The van der Waals surface area contributed by atoms with Crippen LogP contribution in [0.2, 0.25) is 5.02 Å².